The smallest absolute Gasteiger partial charge is 0.145 e. The number of hydrogen-bond donors (Lipinski definition) is 0. The van der Waals surface area contributed by atoms with Crippen LogP contribution in [0.3, 0.4) is 0 Å². The lowest BCUT2D eigenvalue weighted by Gasteiger charge is -2.15. The molecule has 0 saturated carbocycles. The van der Waals surface area contributed by atoms with Crippen LogP contribution in [-0.4, -0.2) is 28.2 Å². The lowest BCUT2D eigenvalue weighted by molar-refractivity contribution is 1.10. The molecule has 0 unspecified atom stereocenters. The van der Waals surface area contributed by atoms with E-state index in [0.717, 1.165) is 100 Å². The van der Waals surface area contributed by atoms with Gasteiger partial charge in [-0.25, -0.2) is 9.97 Å². The Balaban J connectivity index is 0.764. The van der Waals surface area contributed by atoms with Crippen molar-refractivity contribution in [3.05, 3.63) is 291 Å². The molecule has 4 aromatic heterocycles. The molecule has 0 amide bonds. The summed E-state index contributed by atoms with van der Waals surface area (Å²) in [5.41, 5.74) is 17.5. The number of hydrogen-bond acceptors (Lipinski definition) is 2. The maximum Gasteiger partial charge on any atom is 0.145 e. The lowest BCUT2D eigenvalue weighted by Crippen LogP contribution is -2.00. The number of fused-ring (bicyclic) bond motifs is 18. The Morgan fingerprint density at radius 1 is 0.179 bits per heavy atom. The van der Waals surface area contributed by atoms with E-state index in [1.165, 1.54) is 65.2 Å². The molecule has 0 aliphatic rings. The third kappa shape index (κ3) is 6.79. The van der Waals surface area contributed by atoms with E-state index < -0.39 is 0 Å². The highest BCUT2D eigenvalue weighted by molar-refractivity contribution is 6.25. The Labute approximate surface area is 482 Å². The number of imidazole rings is 2. The van der Waals surface area contributed by atoms with Crippen molar-refractivity contribution in [2.45, 2.75) is 0 Å². The third-order valence-corrected chi connectivity index (χ3v) is 17.6. The van der Waals surface area contributed by atoms with Crippen LogP contribution in [0, 0.1) is 0 Å². The molecule has 6 nitrogen and oxygen atoms in total. The van der Waals surface area contributed by atoms with E-state index in [2.05, 4.69) is 309 Å². The molecule has 84 heavy (non-hydrogen) atoms. The highest BCUT2D eigenvalue weighted by Crippen LogP contribution is 2.43. The Bertz CT molecular complexity index is 5240. The molecule has 0 bridgehead atoms. The highest BCUT2D eigenvalue weighted by Gasteiger charge is 2.24. The number of para-hydroxylation sites is 4. The maximum absolute atomic E-state index is 5.62. The van der Waals surface area contributed by atoms with Gasteiger partial charge in [0.2, 0.25) is 0 Å². The van der Waals surface area contributed by atoms with E-state index in [0.29, 0.717) is 0 Å². The summed E-state index contributed by atoms with van der Waals surface area (Å²) in [6.45, 7) is 0. The number of benzene rings is 14. The number of nitrogens with zero attached hydrogens (tertiary/aromatic N) is 6. The first-order valence-electron chi connectivity index (χ1n) is 28.7. The standard InChI is InChI=1S/C78H48N6/c1-5-25-65-57(17-1)59-19-3-7-27-67(59)75-73(65)79-77(51-37-45-53(46-38-51)81-69-29-13-9-21-61(69)62-22-10-14-30-70(62)81)83(75)55-41-33-49(34-42-55)50-35-43-56(44-36-50)84-76-68-28-8-4-20-60(68)58-18-2-6-26-66(58)74(76)80-78(84)52-39-47-54(48-40-52)82-71-31-15-11-23-63(71)64-24-12-16-32-72(64)82/h1-48H. The van der Waals surface area contributed by atoms with Gasteiger partial charge < -0.3 is 9.13 Å². The summed E-state index contributed by atoms with van der Waals surface area (Å²) >= 11 is 0. The van der Waals surface area contributed by atoms with Crippen LogP contribution in [0.2, 0.25) is 0 Å². The van der Waals surface area contributed by atoms with Gasteiger partial charge in [0, 0.05) is 77.0 Å². The Morgan fingerprint density at radius 3 is 0.714 bits per heavy atom. The largest absolute Gasteiger partial charge is 0.309 e. The van der Waals surface area contributed by atoms with Gasteiger partial charge in [-0.15, -0.1) is 0 Å². The van der Waals surface area contributed by atoms with Crippen LogP contribution in [-0.2, 0) is 0 Å². The van der Waals surface area contributed by atoms with Gasteiger partial charge in [0.15, 0.2) is 0 Å². The van der Waals surface area contributed by atoms with Gasteiger partial charge in [-0.1, -0.05) is 194 Å². The fraction of sp³-hybridized carbons (Fsp3) is 0. The van der Waals surface area contributed by atoms with Crippen LogP contribution < -0.4 is 0 Å². The predicted molar refractivity (Wildman–Crippen MR) is 351 cm³/mol. The molecule has 0 radical (unpaired) electrons. The lowest BCUT2D eigenvalue weighted by atomic mass is 9.99. The summed E-state index contributed by atoms with van der Waals surface area (Å²) < 4.78 is 9.50. The van der Waals surface area contributed by atoms with Crippen molar-refractivity contribution >= 4 is 109 Å². The highest BCUT2D eigenvalue weighted by atomic mass is 15.1. The van der Waals surface area contributed by atoms with Crippen LogP contribution >= 0.6 is 0 Å². The molecular weight excluding hydrogens is 1020 g/mol. The second-order valence-electron chi connectivity index (χ2n) is 22.0. The van der Waals surface area contributed by atoms with E-state index >= 15 is 0 Å². The molecule has 0 aliphatic heterocycles. The zero-order valence-corrected chi connectivity index (χ0v) is 45.4. The normalized spacial score (nSPS) is 12.0. The molecule has 0 saturated heterocycles. The average molecular weight is 1070 g/mol. The first kappa shape index (κ1) is 46.4. The molecule has 0 aliphatic carbocycles. The van der Waals surface area contributed by atoms with Crippen LogP contribution in [0.1, 0.15) is 0 Å². The third-order valence-electron chi connectivity index (χ3n) is 17.6. The molecule has 14 aromatic carbocycles. The van der Waals surface area contributed by atoms with E-state index in [4.69, 9.17) is 9.97 Å². The summed E-state index contributed by atoms with van der Waals surface area (Å²) in [5, 5.41) is 14.4. The first-order valence-corrected chi connectivity index (χ1v) is 28.7. The second kappa shape index (κ2) is 18.1. The van der Waals surface area contributed by atoms with Gasteiger partial charge >= 0.3 is 0 Å². The topological polar surface area (TPSA) is 45.5 Å². The van der Waals surface area contributed by atoms with Gasteiger partial charge in [0.1, 0.15) is 11.6 Å². The second-order valence-corrected chi connectivity index (χ2v) is 22.0. The zero-order chi connectivity index (χ0) is 55.0. The SMILES string of the molecule is c1ccc2c(c1)c1ccccc1c1c2nc(-c2ccc(-n3c4ccccc4c4ccccc43)cc2)n1-c1ccc(-c2ccc(-n3c(-c4ccc(-n5c6ccccc6c6ccccc65)cc4)nc4c5ccccc5c5ccccc5c43)cc2)cc1. The molecule has 0 atom stereocenters. The molecule has 18 aromatic rings. The number of rotatable bonds is 7. The van der Waals surface area contributed by atoms with Gasteiger partial charge in [-0.05, 0) is 130 Å². The van der Waals surface area contributed by atoms with E-state index in [-0.39, 0.29) is 0 Å². The van der Waals surface area contributed by atoms with Crippen LogP contribution in [0.5, 0.6) is 0 Å². The minimum atomic E-state index is 0.891. The van der Waals surface area contributed by atoms with Crippen molar-refractivity contribution in [1.29, 1.82) is 0 Å². The van der Waals surface area contributed by atoms with Crippen molar-refractivity contribution in [3.63, 3.8) is 0 Å². The molecule has 4 heterocycles. The summed E-state index contributed by atoms with van der Waals surface area (Å²) in [4.78, 5) is 11.2. The monoisotopic (exact) mass is 1070 g/mol. The molecule has 390 valence electrons. The minimum Gasteiger partial charge on any atom is -0.309 e. The Kier molecular flexibility index (Phi) is 9.99. The van der Waals surface area contributed by atoms with Crippen molar-refractivity contribution in [2.24, 2.45) is 0 Å². The van der Waals surface area contributed by atoms with Crippen molar-refractivity contribution in [3.8, 4) is 56.7 Å². The molecule has 0 N–H and O–H groups in total. The van der Waals surface area contributed by atoms with E-state index in [9.17, 15) is 0 Å². The summed E-state index contributed by atoms with van der Waals surface area (Å²) in [6.07, 6.45) is 0. The number of aromatic nitrogens is 6. The predicted octanol–water partition coefficient (Wildman–Crippen LogP) is 20.2. The van der Waals surface area contributed by atoms with Gasteiger partial charge in [0.25, 0.3) is 0 Å². The maximum atomic E-state index is 5.62. The van der Waals surface area contributed by atoms with Crippen molar-refractivity contribution in [1.82, 2.24) is 28.2 Å². The molecule has 0 fully saturated rings. The molecule has 18 rings (SSSR count). The van der Waals surface area contributed by atoms with Crippen molar-refractivity contribution < 1.29 is 0 Å². The first-order chi connectivity index (χ1) is 41.7. The van der Waals surface area contributed by atoms with Gasteiger partial charge in [-0.2, -0.15) is 0 Å². The zero-order valence-electron chi connectivity index (χ0n) is 45.4. The van der Waals surface area contributed by atoms with Crippen LogP contribution in [0.25, 0.3) is 165 Å². The van der Waals surface area contributed by atoms with Gasteiger partial charge in [0.05, 0.1) is 44.1 Å². The quantitative estimate of drug-likeness (QED) is 0.149. The Hall–Kier alpha value is -11.3. The van der Waals surface area contributed by atoms with E-state index in [1.807, 2.05) is 0 Å². The summed E-state index contributed by atoms with van der Waals surface area (Å²) in [7, 11) is 0. The summed E-state index contributed by atoms with van der Waals surface area (Å²) in [6, 6.07) is 106. The summed E-state index contributed by atoms with van der Waals surface area (Å²) in [5.74, 6) is 1.78. The van der Waals surface area contributed by atoms with Crippen LogP contribution in [0.15, 0.2) is 291 Å². The minimum absolute atomic E-state index is 0.891. The van der Waals surface area contributed by atoms with Gasteiger partial charge in [-0.3, -0.25) is 9.13 Å². The average Bonchev–Trinajstić information content (AvgIpc) is 3.84. The van der Waals surface area contributed by atoms with Crippen LogP contribution in [0.4, 0.5) is 0 Å². The Morgan fingerprint density at radius 2 is 0.405 bits per heavy atom. The fourth-order valence-corrected chi connectivity index (χ4v) is 13.8. The fourth-order valence-electron chi connectivity index (χ4n) is 13.8. The van der Waals surface area contributed by atoms with Crippen molar-refractivity contribution in [2.75, 3.05) is 0 Å². The molecule has 6 heteroatoms. The molecular formula is C78H48N6. The van der Waals surface area contributed by atoms with E-state index in [1.54, 1.807) is 0 Å². The molecule has 0 spiro atoms.